The van der Waals surface area contributed by atoms with Crippen LogP contribution in [0.1, 0.15) is 26.3 Å². The maximum atomic E-state index is 14.9. The van der Waals surface area contributed by atoms with E-state index in [0.717, 1.165) is 7.11 Å². The number of benzene rings is 2. The lowest BCUT2D eigenvalue weighted by atomic mass is 9.94. The molecule has 17 heteroatoms. The summed E-state index contributed by atoms with van der Waals surface area (Å²) in [6, 6.07) is 6.83. The van der Waals surface area contributed by atoms with Crippen molar-refractivity contribution in [1.82, 2.24) is 4.98 Å². The minimum Gasteiger partial charge on any atom is -0.494 e. The number of halogens is 10. The molecule has 0 spiro atoms. The molecule has 2 N–H and O–H groups in total. The maximum absolute atomic E-state index is 14.9. The van der Waals surface area contributed by atoms with Gasteiger partial charge in [0.05, 0.1) is 29.6 Å². The Hall–Kier alpha value is -3.66. The Balaban J connectivity index is 2.05. The topological polar surface area (TPSA) is 89.5 Å². The Kier molecular flexibility index (Phi) is 9.37. The monoisotopic (exact) mass is 675 g/mol. The highest BCUT2D eigenvalue weighted by Crippen LogP contribution is 2.56. The number of ether oxygens (including phenoxy) is 2. The predicted molar refractivity (Wildman–Crippen MR) is 134 cm³/mol. The summed E-state index contributed by atoms with van der Waals surface area (Å²) in [6.45, 7) is -3.75. The second-order valence-electron chi connectivity index (χ2n) is 7.90. The third kappa shape index (κ3) is 6.64. The molecule has 2 amide bonds. The van der Waals surface area contributed by atoms with Crippen LogP contribution in [0, 0.1) is 0 Å². The number of anilines is 2. The first-order valence-corrected chi connectivity index (χ1v) is 12.0. The van der Waals surface area contributed by atoms with Crippen LogP contribution in [-0.2, 0) is 5.67 Å². The number of carbonyl (C=O) groups is 2. The fourth-order valence-corrected chi connectivity index (χ4v) is 4.24. The fraction of sp³-hybridized carbons (Fsp3) is 0.208. The zero-order chi connectivity index (χ0) is 30.8. The molecule has 7 nitrogen and oxygen atoms in total. The van der Waals surface area contributed by atoms with Crippen molar-refractivity contribution in [3.05, 3.63) is 76.0 Å². The van der Waals surface area contributed by atoms with Gasteiger partial charge in [-0.05, 0) is 63.9 Å². The van der Waals surface area contributed by atoms with Crippen LogP contribution < -0.4 is 20.1 Å². The molecule has 0 aliphatic heterocycles. The maximum Gasteiger partial charge on any atom is 0.434 e. The Bertz CT molecular complexity index is 1420. The Morgan fingerprint density at radius 1 is 1.00 bits per heavy atom. The van der Waals surface area contributed by atoms with Crippen molar-refractivity contribution in [3.8, 4) is 11.5 Å². The number of amides is 2. The average Bonchev–Trinajstić information content (AvgIpc) is 2.88. The molecule has 0 aliphatic rings. The molecule has 1 aromatic heterocycles. The minimum absolute atomic E-state index is 0.0239. The second-order valence-corrected chi connectivity index (χ2v) is 9.23. The summed E-state index contributed by atoms with van der Waals surface area (Å²) in [5.74, 6) is -3.33. The number of aromatic nitrogens is 1. The number of pyridine rings is 1. The molecule has 3 aromatic rings. The van der Waals surface area contributed by atoms with E-state index in [9.17, 15) is 44.7 Å². The predicted octanol–water partition coefficient (Wildman–Crippen LogP) is 7.52. The zero-order valence-electron chi connectivity index (χ0n) is 20.1. The number of nitrogens with zero attached hydrogens (tertiary/aromatic N) is 1. The largest absolute Gasteiger partial charge is 0.494 e. The van der Waals surface area contributed by atoms with E-state index in [-0.39, 0.29) is 34.7 Å². The molecule has 2 aromatic carbocycles. The standard InChI is InChI=1S/C24H15BrClF8N3O4/c1-40-18-13(5-2-6-15(18)36-19(38)11-4-3-7-35-10-11)20(39)37-17-14(25)8-12(9-16(17)41-21(27)28)22(29,23(26,30)31)24(32,33)34/h2-10,21H,1H3,(H,36,38)(H,37,39). The molecule has 0 aliphatic carbocycles. The van der Waals surface area contributed by atoms with E-state index in [1.165, 1.54) is 42.7 Å². The summed E-state index contributed by atoms with van der Waals surface area (Å²) in [4.78, 5) is 29.5. The summed E-state index contributed by atoms with van der Waals surface area (Å²) in [6.07, 6.45) is -3.62. The molecule has 1 unspecified atom stereocenters. The lowest BCUT2D eigenvalue weighted by molar-refractivity contribution is -0.286. The lowest BCUT2D eigenvalue weighted by Gasteiger charge is -2.32. The average molecular weight is 677 g/mol. The van der Waals surface area contributed by atoms with Gasteiger partial charge in [-0.1, -0.05) is 6.07 Å². The Morgan fingerprint density at radius 3 is 2.22 bits per heavy atom. The SMILES string of the molecule is COc1c(NC(=O)c2cccnc2)cccc1C(=O)Nc1c(Br)cc(C(F)(C(F)(F)F)C(F)(F)Cl)cc1OC(F)F. The van der Waals surface area contributed by atoms with E-state index in [1.54, 1.807) is 0 Å². The number of hydrogen-bond donors (Lipinski definition) is 2. The van der Waals surface area contributed by atoms with E-state index in [2.05, 4.69) is 47.9 Å². The van der Waals surface area contributed by atoms with Crippen LogP contribution in [0.3, 0.4) is 0 Å². The van der Waals surface area contributed by atoms with E-state index >= 15 is 0 Å². The van der Waals surface area contributed by atoms with Crippen molar-refractivity contribution in [2.75, 3.05) is 17.7 Å². The van der Waals surface area contributed by atoms with Gasteiger partial charge in [0.1, 0.15) is 0 Å². The van der Waals surface area contributed by atoms with Crippen LogP contribution in [-0.4, -0.2) is 42.1 Å². The molecule has 1 heterocycles. The van der Waals surface area contributed by atoms with Gasteiger partial charge in [-0.2, -0.15) is 30.7 Å². The lowest BCUT2D eigenvalue weighted by Crippen LogP contribution is -2.49. The van der Waals surface area contributed by atoms with E-state index < -0.39 is 57.1 Å². The van der Waals surface area contributed by atoms with Gasteiger partial charge < -0.3 is 20.1 Å². The normalized spacial score (nSPS) is 13.4. The smallest absolute Gasteiger partial charge is 0.434 e. The van der Waals surface area contributed by atoms with Crippen LogP contribution in [0.5, 0.6) is 11.5 Å². The number of para-hydroxylation sites is 1. The van der Waals surface area contributed by atoms with E-state index in [4.69, 9.17) is 4.74 Å². The first-order valence-electron chi connectivity index (χ1n) is 10.8. The number of hydrogen-bond acceptors (Lipinski definition) is 5. The molecule has 220 valence electrons. The van der Waals surface area contributed by atoms with Crippen LogP contribution in [0.15, 0.2) is 59.3 Å². The number of alkyl halides is 9. The molecular weight excluding hydrogens is 662 g/mol. The first kappa shape index (κ1) is 31.9. The number of methoxy groups -OCH3 is 1. The van der Waals surface area contributed by atoms with E-state index in [0.29, 0.717) is 0 Å². The molecule has 0 fully saturated rings. The van der Waals surface area contributed by atoms with Gasteiger partial charge in [0, 0.05) is 22.4 Å². The summed E-state index contributed by atoms with van der Waals surface area (Å²) >= 11 is 7.12. The van der Waals surface area contributed by atoms with Gasteiger partial charge in [0.15, 0.2) is 11.5 Å². The number of nitrogens with one attached hydrogen (secondary N) is 2. The van der Waals surface area contributed by atoms with Crippen molar-refractivity contribution in [2.45, 2.75) is 23.8 Å². The van der Waals surface area contributed by atoms with Crippen molar-refractivity contribution >= 4 is 50.7 Å². The highest BCUT2D eigenvalue weighted by Gasteiger charge is 2.72. The van der Waals surface area contributed by atoms with Crippen LogP contribution in [0.25, 0.3) is 0 Å². The zero-order valence-corrected chi connectivity index (χ0v) is 22.5. The van der Waals surface area contributed by atoms with Crippen LogP contribution in [0.2, 0.25) is 0 Å². The highest BCUT2D eigenvalue weighted by atomic mass is 79.9. The molecule has 0 saturated heterocycles. The van der Waals surface area contributed by atoms with Crippen molar-refractivity contribution in [1.29, 1.82) is 0 Å². The third-order valence-corrected chi connectivity index (χ3v) is 6.21. The van der Waals surface area contributed by atoms with Crippen molar-refractivity contribution in [3.63, 3.8) is 0 Å². The van der Waals surface area contributed by atoms with Gasteiger partial charge in [0.2, 0.25) is 0 Å². The summed E-state index contributed by atoms with van der Waals surface area (Å²) in [5.41, 5.74) is -8.43. The van der Waals surface area contributed by atoms with Crippen LogP contribution >= 0.6 is 27.5 Å². The molecule has 3 rings (SSSR count). The Morgan fingerprint density at radius 2 is 1.68 bits per heavy atom. The molecule has 0 radical (unpaired) electrons. The molecular formula is C24H15BrClF8N3O4. The van der Waals surface area contributed by atoms with Crippen LogP contribution in [0.4, 0.5) is 46.5 Å². The van der Waals surface area contributed by atoms with E-state index in [1.807, 2.05) is 0 Å². The summed E-state index contributed by atoms with van der Waals surface area (Å²) in [5, 5.41) is -1.02. The highest BCUT2D eigenvalue weighted by molar-refractivity contribution is 9.10. The molecule has 0 saturated carbocycles. The number of carbonyl (C=O) groups excluding carboxylic acids is 2. The van der Waals surface area contributed by atoms with Gasteiger partial charge in [-0.15, -0.1) is 0 Å². The third-order valence-electron chi connectivity index (χ3n) is 5.32. The molecule has 41 heavy (non-hydrogen) atoms. The van der Waals surface area contributed by atoms with Gasteiger partial charge in [-0.3, -0.25) is 14.6 Å². The summed E-state index contributed by atoms with van der Waals surface area (Å²) in [7, 11) is 1.13. The fourth-order valence-electron chi connectivity index (χ4n) is 3.49. The second kappa shape index (κ2) is 12.1. The van der Waals surface area contributed by atoms with Crippen molar-refractivity contribution < 1.29 is 54.2 Å². The van der Waals surface area contributed by atoms with Gasteiger partial charge >= 0.3 is 23.8 Å². The van der Waals surface area contributed by atoms with Gasteiger partial charge in [-0.25, -0.2) is 4.39 Å². The van der Waals surface area contributed by atoms with Crippen molar-refractivity contribution in [2.24, 2.45) is 0 Å². The quantitative estimate of drug-likeness (QED) is 0.181. The first-order chi connectivity index (χ1) is 19.0. The molecule has 1 atom stereocenters. The summed E-state index contributed by atoms with van der Waals surface area (Å²) < 4.78 is 117. The Labute approximate surface area is 238 Å². The number of rotatable bonds is 9. The molecule has 0 bridgehead atoms. The van der Waals surface area contributed by atoms with Gasteiger partial charge in [0.25, 0.3) is 11.8 Å². The minimum atomic E-state index is -6.31.